The van der Waals surface area contributed by atoms with Crippen LogP contribution >= 0.6 is 23.2 Å². The molecule has 3 aromatic rings. The van der Waals surface area contributed by atoms with Gasteiger partial charge in [-0.25, -0.2) is 0 Å². The van der Waals surface area contributed by atoms with Crippen LogP contribution < -0.4 is 34.5 Å². The summed E-state index contributed by atoms with van der Waals surface area (Å²) in [6, 6.07) is 20.1. The van der Waals surface area contributed by atoms with Gasteiger partial charge in [0.2, 0.25) is 0 Å². The van der Waals surface area contributed by atoms with Crippen LogP contribution in [0.2, 0.25) is 10.0 Å². The molecular weight excluding hydrogens is 468 g/mol. The van der Waals surface area contributed by atoms with Gasteiger partial charge in [0, 0.05) is 18.8 Å². The molecule has 0 amide bonds. The first-order chi connectivity index (χ1) is 14.3. The third-order valence-corrected chi connectivity index (χ3v) is 5.99. The molecule has 3 rings (SSSR count). The standard InChI is InChI=1S/C21H19Cl2N3O3S.Na/c1-2-26(14-15-6-4-3-5-7-15)17-10-8-16(9-11-17)24-25-20-12-19(23)21(13-18(20)22)30(27,28)29;/h3-13H,2,14H2,1H3,(H,27,28,29);/q;+1. The molecule has 0 bridgehead atoms. The van der Waals surface area contributed by atoms with Gasteiger partial charge in [0.25, 0.3) is 10.1 Å². The molecule has 10 heteroatoms. The molecule has 0 aliphatic carbocycles. The van der Waals surface area contributed by atoms with Crippen molar-refractivity contribution in [3.63, 3.8) is 0 Å². The normalized spacial score (nSPS) is 11.4. The van der Waals surface area contributed by atoms with Crippen molar-refractivity contribution in [2.45, 2.75) is 18.4 Å². The third-order valence-electron chi connectivity index (χ3n) is 4.37. The van der Waals surface area contributed by atoms with Crippen molar-refractivity contribution in [1.29, 1.82) is 0 Å². The molecule has 3 aromatic carbocycles. The van der Waals surface area contributed by atoms with Crippen LogP contribution in [0.5, 0.6) is 0 Å². The minimum Gasteiger partial charge on any atom is -0.367 e. The Hall–Kier alpha value is -1.45. The first kappa shape index (κ1) is 25.8. The number of hydrogen-bond acceptors (Lipinski definition) is 5. The molecule has 0 saturated carbocycles. The SMILES string of the molecule is CCN(Cc1ccccc1)c1ccc(N=Nc2cc(Cl)c(S(=O)(=O)O)cc2Cl)cc1.[Na+]. The Morgan fingerprint density at radius 2 is 1.58 bits per heavy atom. The maximum atomic E-state index is 11.3. The van der Waals surface area contributed by atoms with E-state index in [0.717, 1.165) is 24.8 Å². The Morgan fingerprint density at radius 1 is 0.935 bits per heavy atom. The van der Waals surface area contributed by atoms with E-state index in [1.165, 1.54) is 11.6 Å². The van der Waals surface area contributed by atoms with Gasteiger partial charge in [0.15, 0.2) is 0 Å². The molecule has 0 aromatic heterocycles. The molecular formula is C21H19Cl2N3NaO3S+. The topological polar surface area (TPSA) is 82.3 Å². The summed E-state index contributed by atoms with van der Waals surface area (Å²) in [5.41, 5.74) is 3.07. The van der Waals surface area contributed by atoms with E-state index in [1.54, 1.807) is 0 Å². The van der Waals surface area contributed by atoms with E-state index in [2.05, 4.69) is 34.2 Å². The molecule has 0 spiro atoms. The van der Waals surface area contributed by atoms with Crippen molar-refractivity contribution in [2.75, 3.05) is 11.4 Å². The molecule has 0 aliphatic heterocycles. The average Bonchev–Trinajstić information content (AvgIpc) is 2.73. The van der Waals surface area contributed by atoms with Gasteiger partial charge in [-0.15, -0.1) is 5.11 Å². The average molecular weight is 487 g/mol. The van der Waals surface area contributed by atoms with Crippen LogP contribution in [0, 0.1) is 0 Å². The van der Waals surface area contributed by atoms with E-state index in [1.807, 2.05) is 42.5 Å². The van der Waals surface area contributed by atoms with Crippen LogP contribution in [-0.4, -0.2) is 19.5 Å². The summed E-state index contributed by atoms with van der Waals surface area (Å²) >= 11 is 11.9. The zero-order valence-corrected chi connectivity index (χ0v) is 21.4. The Kier molecular flexibility index (Phi) is 9.51. The Labute approximate surface area is 213 Å². The molecule has 0 aliphatic rings. The molecule has 0 unspecified atom stereocenters. The van der Waals surface area contributed by atoms with Crippen LogP contribution in [0.25, 0.3) is 0 Å². The molecule has 1 N–H and O–H groups in total. The molecule has 0 heterocycles. The van der Waals surface area contributed by atoms with Crippen LogP contribution in [0.4, 0.5) is 17.1 Å². The third kappa shape index (κ3) is 7.02. The van der Waals surface area contributed by atoms with Gasteiger partial charge >= 0.3 is 29.6 Å². The van der Waals surface area contributed by atoms with Gasteiger partial charge in [-0.05, 0) is 48.9 Å². The summed E-state index contributed by atoms with van der Waals surface area (Å²) in [5.74, 6) is 0. The van der Waals surface area contributed by atoms with Crippen LogP contribution in [0.1, 0.15) is 12.5 Å². The minimum absolute atomic E-state index is 0. The fourth-order valence-corrected chi connectivity index (χ4v) is 4.11. The first-order valence-electron chi connectivity index (χ1n) is 9.05. The van der Waals surface area contributed by atoms with E-state index in [4.69, 9.17) is 27.8 Å². The Bertz CT molecular complexity index is 1160. The number of rotatable bonds is 7. The zero-order valence-electron chi connectivity index (χ0n) is 17.0. The van der Waals surface area contributed by atoms with Crippen molar-refractivity contribution in [3.8, 4) is 0 Å². The summed E-state index contributed by atoms with van der Waals surface area (Å²) in [6.45, 7) is 3.74. The Morgan fingerprint density at radius 3 is 2.16 bits per heavy atom. The second kappa shape index (κ2) is 11.4. The van der Waals surface area contributed by atoms with Crippen LogP contribution in [0.15, 0.2) is 81.9 Å². The van der Waals surface area contributed by atoms with E-state index < -0.39 is 15.0 Å². The fraction of sp³-hybridized carbons (Fsp3) is 0.143. The van der Waals surface area contributed by atoms with Crippen LogP contribution in [-0.2, 0) is 16.7 Å². The molecule has 31 heavy (non-hydrogen) atoms. The van der Waals surface area contributed by atoms with E-state index in [0.29, 0.717) is 5.69 Å². The molecule has 0 atom stereocenters. The van der Waals surface area contributed by atoms with Gasteiger partial charge in [-0.1, -0.05) is 53.5 Å². The summed E-state index contributed by atoms with van der Waals surface area (Å²) in [4.78, 5) is 1.76. The monoisotopic (exact) mass is 486 g/mol. The maximum Gasteiger partial charge on any atom is 1.00 e. The first-order valence-corrected chi connectivity index (χ1v) is 11.2. The van der Waals surface area contributed by atoms with E-state index in [9.17, 15) is 8.42 Å². The number of benzene rings is 3. The van der Waals surface area contributed by atoms with Crippen molar-refractivity contribution in [2.24, 2.45) is 10.2 Å². The van der Waals surface area contributed by atoms with E-state index >= 15 is 0 Å². The van der Waals surface area contributed by atoms with Gasteiger partial charge < -0.3 is 4.90 Å². The summed E-state index contributed by atoms with van der Waals surface area (Å²) in [7, 11) is -4.47. The van der Waals surface area contributed by atoms with Gasteiger partial charge in [0.05, 0.1) is 15.7 Å². The number of hydrogen-bond donors (Lipinski definition) is 1. The summed E-state index contributed by atoms with van der Waals surface area (Å²) in [5, 5.41) is 7.99. The van der Waals surface area contributed by atoms with Crippen molar-refractivity contribution in [3.05, 3.63) is 82.3 Å². The number of nitrogens with zero attached hydrogens (tertiary/aromatic N) is 3. The van der Waals surface area contributed by atoms with Gasteiger partial charge in [-0.2, -0.15) is 13.5 Å². The molecule has 0 fully saturated rings. The van der Waals surface area contributed by atoms with Crippen molar-refractivity contribution < 1.29 is 42.5 Å². The predicted octanol–water partition coefficient (Wildman–Crippen LogP) is 3.69. The smallest absolute Gasteiger partial charge is 0.367 e. The van der Waals surface area contributed by atoms with Crippen LogP contribution in [0.3, 0.4) is 0 Å². The molecule has 0 saturated heterocycles. The minimum atomic E-state index is -4.47. The molecule has 0 radical (unpaired) electrons. The van der Waals surface area contributed by atoms with Gasteiger partial charge in [0.1, 0.15) is 10.6 Å². The maximum absolute atomic E-state index is 11.3. The summed E-state index contributed by atoms with van der Waals surface area (Å²) in [6.07, 6.45) is 0. The molecule has 156 valence electrons. The second-order valence-electron chi connectivity index (χ2n) is 6.43. The second-order valence-corrected chi connectivity index (χ2v) is 8.63. The zero-order chi connectivity index (χ0) is 21.7. The van der Waals surface area contributed by atoms with Crippen molar-refractivity contribution in [1.82, 2.24) is 0 Å². The fourth-order valence-electron chi connectivity index (χ4n) is 2.82. The number of anilines is 1. The number of halogens is 2. The largest absolute Gasteiger partial charge is 1.00 e. The predicted molar refractivity (Wildman–Crippen MR) is 120 cm³/mol. The summed E-state index contributed by atoms with van der Waals surface area (Å²) < 4.78 is 31.7. The van der Waals surface area contributed by atoms with Crippen molar-refractivity contribution >= 4 is 50.4 Å². The van der Waals surface area contributed by atoms with Gasteiger partial charge in [-0.3, -0.25) is 4.55 Å². The number of azo groups is 1. The van der Waals surface area contributed by atoms with E-state index in [-0.39, 0.29) is 45.3 Å². The quantitative estimate of drug-likeness (QED) is 0.313. The Balaban J connectivity index is 0.00000341. The molecule has 6 nitrogen and oxygen atoms in total.